The lowest BCUT2D eigenvalue weighted by molar-refractivity contribution is 0.213. The Morgan fingerprint density at radius 1 is 1.00 bits per heavy atom. The topological polar surface area (TPSA) is 40.2 Å². The first-order chi connectivity index (χ1) is 12.6. The molecular formula is C23H24N2O. The first-order valence-corrected chi connectivity index (χ1v) is 9.43. The molecule has 132 valence electrons. The summed E-state index contributed by atoms with van der Waals surface area (Å²) in [5.74, 6) is 1.06. The maximum atomic E-state index is 8.94. The van der Waals surface area contributed by atoms with Crippen molar-refractivity contribution in [3.05, 3.63) is 59.9 Å². The van der Waals surface area contributed by atoms with Crippen molar-refractivity contribution in [3.8, 4) is 17.2 Å². The van der Waals surface area contributed by atoms with Gasteiger partial charge in [-0.05, 0) is 68.1 Å². The van der Waals surface area contributed by atoms with E-state index >= 15 is 0 Å². The fraction of sp³-hybridized carbons (Fsp3) is 0.348. The SMILES string of the molecule is CC1CCC(C)N1CCc1cc2cc(-c3ccc(C#N)cc3)ccc2o1. The Morgan fingerprint density at radius 3 is 2.38 bits per heavy atom. The maximum absolute atomic E-state index is 8.94. The Kier molecular flexibility index (Phi) is 4.53. The molecule has 0 bridgehead atoms. The van der Waals surface area contributed by atoms with Gasteiger partial charge < -0.3 is 4.42 Å². The summed E-state index contributed by atoms with van der Waals surface area (Å²) in [7, 11) is 0. The lowest BCUT2D eigenvalue weighted by atomic mass is 10.0. The summed E-state index contributed by atoms with van der Waals surface area (Å²) in [6, 6.07) is 19.7. The van der Waals surface area contributed by atoms with Gasteiger partial charge in [0.25, 0.3) is 0 Å². The summed E-state index contributed by atoms with van der Waals surface area (Å²) in [5, 5.41) is 10.1. The highest BCUT2D eigenvalue weighted by atomic mass is 16.3. The van der Waals surface area contributed by atoms with Gasteiger partial charge in [0.2, 0.25) is 0 Å². The summed E-state index contributed by atoms with van der Waals surface area (Å²) in [6.07, 6.45) is 3.56. The van der Waals surface area contributed by atoms with E-state index < -0.39 is 0 Å². The normalized spacial score (nSPS) is 20.5. The first kappa shape index (κ1) is 16.9. The van der Waals surface area contributed by atoms with Gasteiger partial charge in [0.15, 0.2) is 0 Å². The molecule has 0 saturated carbocycles. The zero-order valence-corrected chi connectivity index (χ0v) is 15.4. The van der Waals surface area contributed by atoms with Crippen LogP contribution in [0.1, 0.15) is 38.0 Å². The fourth-order valence-electron chi connectivity index (χ4n) is 4.07. The quantitative estimate of drug-likeness (QED) is 0.637. The molecule has 3 aromatic rings. The molecule has 1 fully saturated rings. The summed E-state index contributed by atoms with van der Waals surface area (Å²) in [5.41, 5.74) is 3.90. The van der Waals surface area contributed by atoms with Gasteiger partial charge in [-0.3, -0.25) is 4.90 Å². The molecule has 1 aliphatic rings. The second kappa shape index (κ2) is 6.97. The van der Waals surface area contributed by atoms with E-state index in [9.17, 15) is 0 Å². The van der Waals surface area contributed by atoms with Crippen molar-refractivity contribution in [1.29, 1.82) is 5.26 Å². The van der Waals surface area contributed by atoms with Crippen LogP contribution in [-0.4, -0.2) is 23.5 Å². The molecule has 0 aliphatic carbocycles. The molecule has 0 amide bonds. The van der Waals surface area contributed by atoms with Crippen LogP contribution in [0.25, 0.3) is 22.1 Å². The van der Waals surface area contributed by atoms with Crippen LogP contribution in [-0.2, 0) is 6.42 Å². The largest absolute Gasteiger partial charge is 0.461 e. The molecule has 26 heavy (non-hydrogen) atoms. The molecule has 3 heteroatoms. The minimum absolute atomic E-state index is 0.678. The highest BCUT2D eigenvalue weighted by molar-refractivity contribution is 5.84. The summed E-state index contributed by atoms with van der Waals surface area (Å²) in [4.78, 5) is 2.59. The average molecular weight is 344 g/mol. The highest BCUT2D eigenvalue weighted by Crippen LogP contribution is 2.28. The lowest BCUT2D eigenvalue weighted by Crippen LogP contribution is -2.34. The summed E-state index contributed by atoms with van der Waals surface area (Å²) >= 11 is 0. The predicted octanol–water partition coefficient (Wildman–Crippen LogP) is 5.39. The van der Waals surface area contributed by atoms with Crippen LogP contribution in [0.3, 0.4) is 0 Å². The third-order valence-electron chi connectivity index (χ3n) is 5.67. The second-order valence-electron chi connectivity index (χ2n) is 7.42. The van der Waals surface area contributed by atoms with Gasteiger partial charge in [-0.1, -0.05) is 18.2 Å². The third-order valence-corrected chi connectivity index (χ3v) is 5.67. The van der Waals surface area contributed by atoms with Crippen molar-refractivity contribution >= 4 is 11.0 Å². The van der Waals surface area contributed by atoms with E-state index in [0.29, 0.717) is 17.6 Å². The number of benzene rings is 2. The van der Waals surface area contributed by atoms with E-state index in [2.05, 4.69) is 43.0 Å². The van der Waals surface area contributed by atoms with E-state index in [1.54, 1.807) is 0 Å². The number of furan rings is 1. The van der Waals surface area contributed by atoms with Crippen LogP contribution in [0.5, 0.6) is 0 Å². The molecular weight excluding hydrogens is 320 g/mol. The van der Waals surface area contributed by atoms with Crippen molar-refractivity contribution in [2.75, 3.05) is 6.54 Å². The summed E-state index contributed by atoms with van der Waals surface area (Å²) < 4.78 is 6.06. The Morgan fingerprint density at radius 2 is 1.69 bits per heavy atom. The molecule has 1 aliphatic heterocycles. The number of rotatable bonds is 4. The second-order valence-corrected chi connectivity index (χ2v) is 7.42. The lowest BCUT2D eigenvalue weighted by Gasteiger charge is -2.25. The predicted molar refractivity (Wildman–Crippen MR) is 105 cm³/mol. The Balaban J connectivity index is 1.53. The van der Waals surface area contributed by atoms with E-state index in [-0.39, 0.29) is 0 Å². The molecule has 1 aromatic heterocycles. The molecule has 2 atom stereocenters. The van der Waals surface area contributed by atoms with Crippen LogP contribution < -0.4 is 0 Å². The molecule has 0 radical (unpaired) electrons. The standard InChI is InChI=1S/C23H24N2O/c1-16-3-4-17(2)25(16)12-11-22-14-21-13-20(9-10-23(21)26-22)19-7-5-18(15-24)6-8-19/h5-10,13-14,16-17H,3-4,11-12H2,1-2H3. The van der Waals surface area contributed by atoms with Gasteiger partial charge >= 0.3 is 0 Å². The average Bonchev–Trinajstić information content (AvgIpc) is 3.22. The van der Waals surface area contributed by atoms with Crippen LogP contribution in [0.4, 0.5) is 0 Å². The van der Waals surface area contributed by atoms with Crippen molar-refractivity contribution in [2.24, 2.45) is 0 Å². The number of nitriles is 1. The van der Waals surface area contributed by atoms with E-state index in [4.69, 9.17) is 9.68 Å². The van der Waals surface area contributed by atoms with Crippen molar-refractivity contribution in [3.63, 3.8) is 0 Å². The number of hydrogen-bond acceptors (Lipinski definition) is 3. The molecule has 4 rings (SSSR count). The monoisotopic (exact) mass is 344 g/mol. The Bertz CT molecular complexity index is 938. The van der Waals surface area contributed by atoms with Gasteiger partial charge in [0, 0.05) is 30.4 Å². The number of fused-ring (bicyclic) bond motifs is 1. The molecule has 2 unspecified atom stereocenters. The molecule has 0 spiro atoms. The van der Waals surface area contributed by atoms with E-state index in [1.165, 1.54) is 12.8 Å². The zero-order chi connectivity index (χ0) is 18.1. The van der Waals surface area contributed by atoms with Crippen molar-refractivity contribution in [1.82, 2.24) is 4.90 Å². The van der Waals surface area contributed by atoms with Crippen molar-refractivity contribution in [2.45, 2.75) is 45.2 Å². The first-order valence-electron chi connectivity index (χ1n) is 9.43. The number of hydrogen-bond donors (Lipinski definition) is 0. The van der Waals surface area contributed by atoms with Gasteiger partial charge in [0.05, 0.1) is 11.6 Å². The van der Waals surface area contributed by atoms with Crippen LogP contribution in [0.2, 0.25) is 0 Å². The molecule has 0 N–H and O–H groups in total. The minimum atomic E-state index is 0.678. The van der Waals surface area contributed by atoms with E-state index in [0.717, 1.165) is 40.8 Å². The van der Waals surface area contributed by atoms with Crippen LogP contribution in [0.15, 0.2) is 52.9 Å². The van der Waals surface area contributed by atoms with E-state index in [1.807, 2.05) is 30.3 Å². The van der Waals surface area contributed by atoms with Gasteiger partial charge in [0.1, 0.15) is 11.3 Å². The van der Waals surface area contributed by atoms with Crippen LogP contribution in [0, 0.1) is 11.3 Å². The number of nitrogens with zero attached hydrogens (tertiary/aromatic N) is 2. The molecule has 1 saturated heterocycles. The zero-order valence-electron chi connectivity index (χ0n) is 15.4. The van der Waals surface area contributed by atoms with Gasteiger partial charge in [-0.15, -0.1) is 0 Å². The smallest absolute Gasteiger partial charge is 0.134 e. The van der Waals surface area contributed by atoms with Gasteiger partial charge in [-0.2, -0.15) is 5.26 Å². The van der Waals surface area contributed by atoms with Gasteiger partial charge in [-0.25, -0.2) is 0 Å². The molecule has 2 heterocycles. The summed E-state index contributed by atoms with van der Waals surface area (Å²) in [6.45, 7) is 5.71. The fourth-order valence-corrected chi connectivity index (χ4v) is 4.07. The van der Waals surface area contributed by atoms with Crippen molar-refractivity contribution < 1.29 is 4.42 Å². The Hall–Kier alpha value is -2.57. The molecule has 3 nitrogen and oxygen atoms in total. The highest BCUT2D eigenvalue weighted by Gasteiger charge is 2.26. The third kappa shape index (κ3) is 3.25. The maximum Gasteiger partial charge on any atom is 0.134 e. The Labute approximate surface area is 154 Å². The van der Waals surface area contributed by atoms with Crippen LogP contribution >= 0.6 is 0 Å². The molecule has 2 aromatic carbocycles. The number of likely N-dealkylation sites (tertiary alicyclic amines) is 1. The minimum Gasteiger partial charge on any atom is -0.461 e.